The van der Waals surface area contributed by atoms with Crippen LogP contribution in [0, 0.1) is 0 Å². The van der Waals surface area contributed by atoms with Gasteiger partial charge in [0.05, 0.1) is 0 Å². The number of thiol groups is 1. The summed E-state index contributed by atoms with van der Waals surface area (Å²) in [6, 6.07) is 0. The van der Waals surface area contributed by atoms with E-state index in [0.717, 1.165) is 0 Å². The Labute approximate surface area is 77.5 Å². The second-order valence-corrected chi connectivity index (χ2v) is 4.98. The minimum absolute atomic E-state index is 0.194. The maximum atomic E-state index is 4.71. The van der Waals surface area contributed by atoms with Gasteiger partial charge >= 0.3 is 42.9 Å². The molecule has 0 unspecified atom stereocenters. The molecule has 61 valence electrons. The zero-order valence-electron chi connectivity index (χ0n) is 5.65. The summed E-state index contributed by atoms with van der Waals surface area (Å²) in [4.78, 5) is 0. The van der Waals surface area contributed by atoms with Crippen molar-refractivity contribution in [3.8, 4) is 0 Å². The van der Waals surface area contributed by atoms with Gasteiger partial charge in [0, 0.05) is 0 Å². The largest absolute Gasteiger partial charge is 0.385 e. The van der Waals surface area contributed by atoms with Crippen molar-refractivity contribution < 1.29 is 19.8 Å². The summed E-state index contributed by atoms with van der Waals surface area (Å²) in [6.07, 6.45) is 0. The van der Waals surface area contributed by atoms with E-state index >= 15 is 0 Å². The van der Waals surface area contributed by atoms with Crippen LogP contribution in [-0.4, -0.2) is 4.32 Å². The van der Waals surface area contributed by atoms with Crippen molar-refractivity contribution in [2.45, 2.75) is 23.1 Å². The maximum absolute atomic E-state index is 4.71. The molecule has 4 heteroatoms. The molecular weight excluding hydrogens is 246 g/mol. The van der Waals surface area contributed by atoms with Crippen LogP contribution in [0.25, 0.3) is 0 Å². The van der Waals surface area contributed by atoms with E-state index in [-0.39, 0.29) is 4.32 Å². The molecule has 0 aromatic rings. The van der Waals surface area contributed by atoms with E-state index in [1.54, 1.807) is 0 Å². The van der Waals surface area contributed by atoms with Crippen molar-refractivity contribution in [1.82, 2.24) is 0 Å². The Morgan fingerprint density at radius 1 is 1.56 bits per heavy atom. The van der Waals surface area contributed by atoms with Gasteiger partial charge < -0.3 is 5.73 Å². The van der Waals surface area contributed by atoms with Gasteiger partial charge in [-0.05, 0) is 0 Å². The Hall–Kier alpha value is 0.980. The molecule has 0 aromatic carbocycles. The Kier molecular flexibility index (Phi) is 16.5. The number of rotatable bonds is 2. The fourth-order valence-corrected chi connectivity index (χ4v) is 0.892. The van der Waals surface area contributed by atoms with Crippen LogP contribution < -0.4 is 5.73 Å². The molecule has 9 heavy (non-hydrogen) atoms. The van der Waals surface area contributed by atoms with Crippen LogP contribution >= 0.6 is 24.8 Å². The Morgan fingerprint density at radius 2 is 1.78 bits per heavy atom. The van der Waals surface area contributed by atoms with Gasteiger partial charge in [-0.1, -0.05) is 12.2 Å². The second kappa shape index (κ2) is 11.7. The van der Waals surface area contributed by atoms with Gasteiger partial charge in [0.25, 0.3) is 0 Å². The number of nitrogens with two attached hydrogens (primary N) is 1. The molecule has 0 amide bonds. The molecule has 0 fully saturated rings. The van der Waals surface area contributed by atoms with Crippen molar-refractivity contribution in [2.75, 3.05) is 0 Å². The Morgan fingerprint density at radius 3 is 1.78 bits per heavy atom. The van der Waals surface area contributed by atoms with Crippen LogP contribution in [0.5, 0.6) is 0 Å². The Balaban J connectivity index is 0. The van der Waals surface area contributed by atoms with Crippen molar-refractivity contribution in [3.05, 3.63) is 0 Å². The first-order valence-electron chi connectivity index (χ1n) is 2.56. The van der Waals surface area contributed by atoms with Gasteiger partial charge in [0.1, 0.15) is 4.32 Å². The zero-order valence-corrected chi connectivity index (χ0v) is 8.84. The molecule has 0 aromatic heterocycles. The summed E-state index contributed by atoms with van der Waals surface area (Å²) >= 11 is 8.84. The third-order valence-electron chi connectivity index (χ3n) is 0.302. The first kappa shape index (κ1) is 12.6. The van der Waals surface area contributed by atoms with E-state index in [1.165, 1.54) is 29.0 Å². The van der Waals surface area contributed by atoms with Crippen molar-refractivity contribution in [3.63, 3.8) is 0 Å². The molecule has 2 N–H and O–H groups in total. The maximum Gasteiger partial charge on any atom is 0.128 e. The molecular formula is C5H13AgNS2. The summed E-state index contributed by atoms with van der Waals surface area (Å²) in [5.41, 5.74) is 4.71. The van der Waals surface area contributed by atoms with E-state index in [0.29, 0.717) is 0 Å². The standard InChI is InChI=1S/2C2H5.CH3NS2.Ag/c2*1-2;2-1(3)4;/h2*1H2,2H3;(H3,2,3,4);. The Bertz CT molecular complexity index is 62.0. The van der Waals surface area contributed by atoms with Gasteiger partial charge in [0.15, 0.2) is 0 Å². The third-order valence-corrected chi connectivity index (χ3v) is 1.78. The summed E-state index contributed by atoms with van der Waals surface area (Å²) < 4.78 is 2.94. The molecule has 0 rings (SSSR count). The minimum Gasteiger partial charge on any atom is -0.385 e. The minimum atomic E-state index is 0.194. The fraction of sp³-hybridized carbons (Fsp3) is 0.800. The molecule has 0 atom stereocenters. The van der Waals surface area contributed by atoms with Crippen LogP contribution in [0.15, 0.2) is 0 Å². The molecule has 0 heterocycles. The van der Waals surface area contributed by atoms with E-state index in [4.69, 9.17) is 5.73 Å². The third kappa shape index (κ3) is 49.3. The predicted molar refractivity (Wildman–Crippen MR) is 46.7 cm³/mol. The van der Waals surface area contributed by atoms with Crippen LogP contribution in [0.4, 0.5) is 0 Å². The molecule has 1 nitrogen and oxygen atoms in total. The fourth-order valence-electron chi connectivity index (χ4n) is 0.151. The summed E-state index contributed by atoms with van der Waals surface area (Å²) in [6.45, 7) is 4.45. The van der Waals surface area contributed by atoms with Gasteiger partial charge in [-0.3, -0.25) is 0 Å². The van der Waals surface area contributed by atoms with Crippen LogP contribution in [0.1, 0.15) is 13.8 Å². The molecule has 0 saturated carbocycles. The quantitative estimate of drug-likeness (QED) is 0.451. The average molecular weight is 259 g/mol. The zero-order chi connectivity index (χ0) is 7.70. The van der Waals surface area contributed by atoms with Crippen molar-refractivity contribution in [2.24, 2.45) is 5.73 Å². The van der Waals surface area contributed by atoms with E-state index in [9.17, 15) is 0 Å². The summed E-state index contributed by atoms with van der Waals surface area (Å²) in [5.74, 6) is 0. The molecule has 0 aliphatic rings. The van der Waals surface area contributed by atoms with Gasteiger partial charge in [-0.15, -0.1) is 12.6 Å². The molecule has 0 aliphatic carbocycles. The average Bonchev–Trinajstić information content (AvgIpc) is 1.66. The molecule has 0 aliphatic heterocycles. The number of hydrogen-bond acceptors (Lipinski definition) is 1. The first-order valence-corrected chi connectivity index (χ1v) is 5.51. The van der Waals surface area contributed by atoms with E-state index < -0.39 is 0 Å². The van der Waals surface area contributed by atoms with Crippen molar-refractivity contribution >= 4 is 29.2 Å². The monoisotopic (exact) mass is 258 g/mol. The number of thiocarbonyl (C=S) groups is 1. The molecule has 0 saturated heterocycles. The van der Waals surface area contributed by atoms with E-state index in [1.807, 2.05) is 0 Å². The van der Waals surface area contributed by atoms with Crippen LogP contribution in [0.2, 0.25) is 9.28 Å². The predicted octanol–water partition coefficient (Wildman–Crippen LogP) is 2.11. The number of hydrogen-bond donors (Lipinski definition) is 2. The van der Waals surface area contributed by atoms with Crippen LogP contribution in [0.3, 0.4) is 0 Å². The molecule has 0 radical (unpaired) electrons. The van der Waals surface area contributed by atoms with Crippen LogP contribution in [-0.2, 0) is 19.8 Å². The summed E-state index contributed by atoms with van der Waals surface area (Å²) in [5, 5.41) is 0. The first-order chi connectivity index (χ1) is 4.15. The van der Waals surface area contributed by atoms with Crippen molar-refractivity contribution in [1.29, 1.82) is 0 Å². The SMILES string of the molecule is C[CH2][Ag][CH2]C.NC(=S)S. The normalized spacial score (nSPS) is 7.89. The summed E-state index contributed by atoms with van der Waals surface area (Å²) in [7, 11) is 0. The molecule has 0 spiro atoms. The smallest absolute Gasteiger partial charge is 0.128 e. The molecule has 0 bridgehead atoms. The topological polar surface area (TPSA) is 26.0 Å². The second-order valence-electron chi connectivity index (χ2n) is 0.915. The van der Waals surface area contributed by atoms with Gasteiger partial charge in [-0.2, -0.15) is 0 Å². The van der Waals surface area contributed by atoms with Gasteiger partial charge in [-0.25, -0.2) is 0 Å². The van der Waals surface area contributed by atoms with E-state index in [2.05, 4.69) is 38.7 Å². The van der Waals surface area contributed by atoms with Gasteiger partial charge in [0.2, 0.25) is 0 Å².